The molecule has 4 heteroatoms. The highest BCUT2D eigenvalue weighted by Gasteiger charge is 2.28. The topological polar surface area (TPSA) is 40.6 Å². The van der Waals surface area contributed by atoms with E-state index in [1.165, 1.54) is 11.1 Å². The number of hydrogen-bond acceptors (Lipinski definition) is 2. The predicted octanol–water partition coefficient (Wildman–Crippen LogP) is 3.75. The van der Waals surface area contributed by atoms with Gasteiger partial charge >= 0.3 is 0 Å². The van der Waals surface area contributed by atoms with Gasteiger partial charge in [-0.1, -0.05) is 24.3 Å². The summed E-state index contributed by atoms with van der Waals surface area (Å²) in [6.45, 7) is 2.29. The third kappa shape index (κ3) is 2.79. The van der Waals surface area contributed by atoms with E-state index < -0.39 is 0 Å². The summed E-state index contributed by atoms with van der Waals surface area (Å²) in [5, 5.41) is 0. The van der Waals surface area contributed by atoms with Crippen LogP contribution < -0.4 is 4.90 Å². The molecule has 0 fully saturated rings. The van der Waals surface area contributed by atoms with Crippen molar-refractivity contribution in [1.82, 2.24) is 4.90 Å². The SMILES string of the molecule is CC(=O)N1CCc2cc(C(=O)N(C)[C@@H]3CCCc4ccccc43)ccc21. The van der Waals surface area contributed by atoms with Crippen molar-refractivity contribution in [2.75, 3.05) is 18.5 Å². The summed E-state index contributed by atoms with van der Waals surface area (Å²) < 4.78 is 0. The van der Waals surface area contributed by atoms with E-state index in [9.17, 15) is 9.59 Å². The molecule has 0 spiro atoms. The number of benzene rings is 2. The quantitative estimate of drug-likeness (QED) is 0.829. The first-order valence-electron chi connectivity index (χ1n) is 9.32. The van der Waals surface area contributed by atoms with Gasteiger partial charge in [-0.2, -0.15) is 0 Å². The van der Waals surface area contributed by atoms with Crippen LogP contribution in [0.1, 0.15) is 52.9 Å². The van der Waals surface area contributed by atoms with Gasteiger partial charge in [0.2, 0.25) is 5.91 Å². The van der Waals surface area contributed by atoms with E-state index in [4.69, 9.17) is 0 Å². The Kier molecular flexibility index (Phi) is 4.27. The van der Waals surface area contributed by atoms with Gasteiger partial charge in [-0.3, -0.25) is 9.59 Å². The summed E-state index contributed by atoms with van der Waals surface area (Å²) >= 11 is 0. The van der Waals surface area contributed by atoms with E-state index in [-0.39, 0.29) is 17.9 Å². The maximum atomic E-state index is 13.1. The van der Waals surface area contributed by atoms with Crippen molar-refractivity contribution < 1.29 is 9.59 Å². The Hall–Kier alpha value is -2.62. The molecular formula is C22H24N2O2. The van der Waals surface area contributed by atoms with Crippen molar-refractivity contribution >= 4 is 17.5 Å². The van der Waals surface area contributed by atoms with Crippen LogP contribution in [0.15, 0.2) is 42.5 Å². The van der Waals surface area contributed by atoms with E-state index in [2.05, 4.69) is 24.3 Å². The largest absolute Gasteiger partial charge is 0.335 e. The van der Waals surface area contributed by atoms with Crippen LogP contribution in [0.3, 0.4) is 0 Å². The molecule has 0 unspecified atom stereocenters. The lowest BCUT2D eigenvalue weighted by molar-refractivity contribution is -0.116. The second-order valence-corrected chi connectivity index (χ2v) is 7.29. The van der Waals surface area contributed by atoms with Crippen LogP contribution in [0.25, 0.3) is 0 Å². The van der Waals surface area contributed by atoms with Crippen LogP contribution in [0.4, 0.5) is 5.69 Å². The van der Waals surface area contributed by atoms with E-state index in [0.29, 0.717) is 12.1 Å². The van der Waals surface area contributed by atoms with Gasteiger partial charge < -0.3 is 9.80 Å². The highest BCUT2D eigenvalue weighted by molar-refractivity contribution is 5.98. The Labute approximate surface area is 154 Å². The van der Waals surface area contributed by atoms with Crippen LogP contribution in [-0.2, 0) is 17.6 Å². The number of carbonyl (C=O) groups excluding carboxylic acids is 2. The Morgan fingerprint density at radius 2 is 1.88 bits per heavy atom. The molecular weight excluding hydrogens is 324 g/mol. The number of nitrogens with zero attached hydrogens (tertiary/aromatic N) is 2. The van der Waals surface area contributed by atoms with Crippen molar-refractivity contribution in [1.29, 1.82) is 0 Å². The number of aryl methyl sites for hydroxylation is 1. The molecule has 0 saturated carbocycles. The summed E-state index contributed by atoms with van der Waals surface area (Å²) in [7, 11) is 1.91. The van der Waals surface area contributed by atoms with E-state index in [1.807, 2.05) is 30.1 Å². The lowest BCUT2D eigenvalue weighted by Gasteiger charge is -2.33. The van der Waals surface area contributed by atoms with Gasteiger partial charge in [0.05, 0.1) is 6.04 Å². The molecule has 0 N–H and O–H groups in total. The third-order valence-electron chi connectivity index (χ3n) is 5.73. The fourth-order valence-corrected chi connectivity index (χ4v) is 4.34. The Morgan fingerprint density at radius 1 is 1.08 bits per heavy atom. The second kappa shape index (κ2) is 6.60. The summed E-state index contributed by atoms with van der Waals surface area (Å²) in [6.07, 6.45) is 4.01. The van der Waals surface area contributed by atoms with Crippen LogP contribution in [0.5, 0.6) is 0 Å². The highest BCUT2D eigenvalue weighted by atomic mass is 16.2. The summed E-state index contributed by atoms with van der Waals surface area (Å²) in [4.78, 5) is 28.5. The molecule has 4 nitrogen and oxygen atoms in total. The second-order valence-electron chi connectivity index (χ2n) is 7.29. The smallest absolute Gasteiger partial charge is 0.254 e. The third-order valence-corrected chi connectivity index (χ3v) is 5.73. The molecule has 0 bridgehead atoms. The maximum Gasteiger partial charge on any atom is 0.254 e. The van der Waals surface area contributed by atoms with Gasteiger partial charge in [0, 0.05) is 31.8 Å². The average molecular weight is 348 g/mol. The molecule has 2 aliphatic rings. The van der Waals surface area contributed by atoms with Gasteiger partial charge in [-0.05, 0) is 60.6 Å². The van der Waals surface area contributed by atoms with Gasteiger partial charge in [0.25, 0.3) is 5.91 Å². The lowest BCUT2D eigenvalue weighted by Crippen LogP contribution is -2.33. The van der Waals surface area contributed by atoms with Gasteiger partial charge in [0.15, 0.2) is 0 Å². The molecule has 1 aliphatic heterocycles. The average Bonchev–Trinajstić information content (AvgIpc) is 3.10. The van der Waals surface area contributed by atoms with Crippen molar-refractivity contribution in [2.45, 2.75) is 38.6 Å². The Morgan fingerprint density at radius 3 is 2.69 bits per heavy atom. The van der Waals surface area contributed by atoms with E-state index in [0.717, 1.165) is 36.9 Å². The van der Waals surface area contributed by atoms with Crippen molar-refractivity contribution in [3.05, 3.63) is 64.7 Å². The summed E-state index contributed by atoms with van der Waals surface area (Å²) in [5.41, 5.74) is 5.37. The van der Waals surface area contributed by atoms with Crippen molar-refractivity contribution in [3.63, 3.8) is 0 Å². The zero-order chi connectivity index (χ0) is 18.3. The molecule has 0 saturated heterocycles. The lowest BCUT2D eigenvalue weighted by atomic mass is 9.87. The Bertz CT molecular complexity index is 874. The molecule has 1 heterocycles. The van der Waals surface area contributed by atoms with Crippen LogP contribution in [-0.4, -0.2) is 30.3 Å². The molecule has 134 valence electrons. The molecule has 0 radical (unpaired) electrons. The first-order valence-corrected chi connectivity index (χ1v) is 9.32. The zero-order valence-corrected chi connectivity index (χ0v) is 15.4. The fourth-order valence-electron chi connectivity index (χ4n) is 4.34. The minimum absolute atomic E-state index is 0.0516. The molecule has 2 aromatic carbocycles. The number of anilines is 1. The van der Waals surface area contributed by atoms with Crippen LogP contribution in [0.2, 0.25) is 0 Å². The fraction of sp³-hybridized carbons (Fsp3) is 0.364. The van der Waals surface area contributed by atoms with Crippen LogP contribution >= 0.6 is 0 Å². The van der Waals surface area contributed by atoms with E-state index >= 15 is 0 Å². The molecule has 4 rings (SSSR count). The molecule has 0 aromatic heterocycles. The van der Waals surface area contributed by atoms with Crippen molar-refractivity contribution in [2.24, 2.45) is 0 Å². The highest BCUT2D eigenvalue weighted by Crippen LogP contribution is 2.35. The summed E-state index contributed by atoms with van der Waals surface area (Å²) in [6, 6.07) is 14.3. The van der Waals surface area contributed by atoms with Gasteiger partial charge in [-0.25, -0.2) is 0 Å². The number of carbonyl (C=O) groups is 2. The standard InChI is InChI=1S/C22H24N2O2/c1-15(25)24-13-12-17-14-18(10-11-20(17)24)22(26)23(2)21-9-5-7-16-6-3-4-8-19(16)21/h3-4,6,8,10-11,14,21H,5,7,9,12-13H2,1-2H3/t21-/m1/s1. The number of hydrogen-bond donors (Lipinski definition) is 0. The number of amides is 2. The molecule has 1 atom stereocenters. The molecule has 1 aliphatic carbocycles. The number of fused-ring (bicyclic) bond motifs is 2. The Balaban J connectivity index is 1.60. The van der Waals surface area contributed by atoms with Crippen LogP contribution in [0, 0.1) is 0 Å². The molecule has 2 amide bonds. The zero-order valence-electron chi connectivity index (χ0n) is 15.4. The minimum Gasteiger partial charge on any atom is -0.335 e. The summed E-state index contributed by atoms with van der Waals surface area (Å²) in [5.74, 6) is 0.106. The maximum absolute atomic E-state index is 13.1. The first-order chi connectivity index (χ1) is 12.6. The molecule has 26 heavy (non-hydrogen) atoms. The monoisotopic (exact) mass is 348 g/mol. The number of rotatable bonds is 2. The normalized spacial score (nSPS) is 18.2. The molecule has 2 aromatic rings. The van der Waals surface area contributed by atoms with Gasteiger partial charge in [0.1, 0.15) is 0 Å². The predicted molar refractivity (Wildman–Crippen MR) is 102 cm³/mol. The van der Waals surface area contributed by atoms with Gasteiger partial charge in [-0.15, -0.1) is 0 Å². The van der Waals surface area contributed by atoms with Crippen molar-refractivity contribution in [3.8, 4) is 0 Å². The first kappa shape index (κ1) is 16.8. The minimum atomic E-state index is 0.0516. The van der Waals surface area contributed by atoms with E-state index in [1.54, 1.807) is 11.8 Å².